The summed E-state index contributed by atoms with van der Waals surface area (Å²) in [5, 5.41) is 3.41. The first kappa shape index (κ1) is 31.9. The number of sulfonamides is 1. The monoisotopic (exact) mass is 667 g/mol. The molecule has 2 amide bonds. The zero-order chi connectivity index (χ0) is 29.4. The Morgan fingerprint density at radius 2 is 1.55 bits per heavy atom. The number of carbonyl (C=O) groups excluding carboxylic acids is 2. The quantitative estimate of drug-likeness (QED) is 0.259. The topological polar surface area (TPSA) is 86.8 Å². The largest absolute Gasteiger partial charge is 0.354 e. The Balaban J connectivity index is 2.06. The van der Waals surface area contributed by atoms with Gasteiger partial charge in [-0.15, -0.1) is 0 Å². The fourth-order valence-electron chi connectivity index (χ4n) is 4.11. The third-order valence-electron chi connectivity index (χ3n) is 6.01. The van der Waals surface area contributed by atoms with Gasteiger partial charge in [0.25, 0.3) is 0 Å². The molecule has 214 valence electrons. The Hall–Kier alpha value is -2.59. The second-order valence-corrected chi connectivity index (χ2v) is 13.6. The molecule has 3 rings (SSSR count). The third kappa shape index (κ3) is 9.51. The highest BCUT2D eigenvalue weighted by Crippen LogP contribution is 2.28. The highest BCUT2D eigenvalue weighted by atomic mass is 79.9. The van der Waals surface area contributed by atoms with E-state index in [-0.39, 0.29) is 40.5 Å². The highest BCUT2D eigenvalue weighted by molar-refractivity contribution is 9.10. The first-order valence-corrected chi connectivity index (χ1v) is 16.0. The van der Waals surface area contributed by atoms with Crippen LogP contribution in [0.15, 0.2) is 77.3 Å². The van der Waals surface area contributed by atoms with Crippen LogP contribution in [-0.4, -0.2) is 50.5 Å². The molecule has 0 aromatic heterocycles. The minimum Gasteiger partial charge on any atom is -0.354 e. The van der Waals surface area contributed by atoms with Crippen molar-refractivity contribution in [2.75, 3.05) is 23.7 Å². The number of nitrogens with one attached hydrogen (secondary N) is 1. The van der Waals surface area contributed by atoms with Gasteiger partial charge >= 0.3 is 0 Å². The second-order valence-electron chi connectivity index (χ2n) is 9.89. The second kappa shape index (κ2) is 14.3. The van der Waals surface area contributed by atoms with Crippen molar-refractivity contribution < 1.29 is 18.0 Å². The van der Waals surface area contributed by atoms with Crippen LogP contribution >= 0.6 is 39.1 Å². The Bertz CT molecular complexity index is 1420. The maximum Gasteiger partial charge on any atom is 0.244 e. The molecule has 0 saturated heterocycles. The zero-order valence-corrected chi connectivity index (χ0v) is 26.4. The van der Waals surface area contributed by atoms with Crippen molar-refractivity contribution in [2.45, 2.75) is 32.9 Å². The molecule has 11 heteroatoms. The molecule has 0 spiro atoms. The summed E-state index contributed by atoms with van der Waals surface area (Å²) >= 11 is 15.8. The van der Waals surface area contributed by atoms with E-state index in [0.717, 1.165) is 26.2 Å². The summed E-state index contributed by atoms with van der Waals surface area (Å²) < 4.78 is 27.5. The smallest absolute Gasteiger partial charge is 0.244 e. The van der Waals surface area contributed by atoms with Crippen molar-refractivity contribution in [3.05, 3.63) is 98.4 Å². The van der Waals surface area contributed by atoms with Crippen LogP contribution in [0, 0.1) is 5.92 Å². The molecule has 0 unspecified atom stereocenters. The van der Waals surface area contributed by atoms with Crippen LogP contribution in [0.2, 0.25) is 10.0 Å². The standard InChI is InChI=1S/C29H32BrCl2N3O4S/c1-20(2)17-33-29(37)27(13-21-8-5-4-6-9-21)34(18-22-10-7-11-23(30)12-22)28(36)19-35(40(3,38)39)26-15-24(31)14-25(32)16-26/h4-12,14-16,20,27H,13,17-19H2,1-3H3,(H,33,37)/t27-/m1/s1. The van der Waals surface area contributed by atoms with Crippen LogP contribution in [0.4, 0.5) is 5.69 Å². The lowest BCUT2D eigenvalue weighted by molar-refractivity contribution is -0.140. The molecular weight excluding hydrogens is 637 g/mol. The Labute approximate surface area is 254 Å². The molecule has 40 heavy (non-hydrogen) atoms. The van der Waals surface area contributed by atoms with Crippen molar-refractivity contribution in [3.63, 3.8) is 0 Å². The summed E-state index contributed by atoms with van der Waals surface area (Å²) in [7, 11) is -3.93. The van der Waals surface area contributed by atoms with Crippen molar-refractivity contribution in [1.82, 2.24) is 10.2 Å². The molecule has 0 bridgehead atoms. The van der Waals surface area contributed by atoms with Gasteiger partial charge in [0.2, 0.25) is 21.8 Å². The molecular formula is C29H32BrCl2N3O4S. The van der Waals surface area contributed by atoms with E-state index in [0.29, 0.717) is 6.54 Å². The van der Waals surface area contributed by atoms with Crippen LogP contribution in [0.25, 0.3) is 0 Å². The van der Waals surface area contributed by atoms with Gasteiger partial charge in [-0.1, -0.05) is 95.4 Å². The summed E-state index contributed by atoms with van der Waals surface area (Å²) in [6.07, 6.45) is 1.25. The molecule has 7 nitrogen and oxygen atoms in total. The predicted molar refractivity (Wildman–Crippen MR) is 165 cm³/mol. The minimum absolute atomic E-state index is 0.0821. The summed E-state index contributed by atoms with van der Waals surface area (Å²) in [5.74, 6) is -0.677. The molecule has 1 atom stereocenters. The number of benzene rings is 3. The van der Waals surface area contributed by atoms with Crippen LogP contribution in [0.5, 0.6) is 0 Å². The molecule has 0 fully saturated rings. The van der Waals surface area contributed by atoms with Gasteiger partial charge in [0.1, 0.15) is 12.6 Å². The zero-order valence-electron chi connectivity index (χ0n) is 22.5. The fourth-order valence-corrected chi connectivity index (χ4v) is 5.90. The van der Waals surface area contributed by atoms with E-state index in [1.165, 1.54) is 23.1 Å². The molecule has 1 N–H and O–H groups in total. The van der Waals surface area contributed by atoms with Gasteiger partial charge in [0.15, 0.2) is 0 Å². The van der Waals surface area contributed by atoms with Crippen molar-refractivity contribution >= 4 is 66.7 Å². The Kier molecular flexibility index (Phi) is 11.5. The Morgan fingerprint density at radius 1 is 0.925 bits per heavy atom. The van der Waals surface area contributed by atoms with Crippen molar-refractivity contribution in [2.24, 2.45) is 5.92 Å². The number of halogens is 3. The van der Waals surface area contributed by atoms with Crippen LogP contribution < -0.4 is 9.62 Å². The van der Waals surface area contributed by atoms with E-state index in [2.05, 4.69) is 21.2 Å². The van der Waals surface area contributed by atoms with Gasteiger partial charge in [0, 0.05) is 34.0 Å². The van der Waals surface area contributed by atoms with Crippen molar-refractivity contribution in [1.29, 1.82) is 0 Å². The number of hydrogen-bond donors (Lipinski definition) is 1. The van der Waals surface area contributed by atoms with Gasteiger partial charge in [-0.25, -0.2) is 8.42 Å². The highest BCUT2D eigenvalue weighted by Gasteiger charge is 2.33. The average molecular weight is 669 g/mol. The van der Waals surface area contributed by atoms with E-state index in [4.69, 9.17) is 23.2 Å². The van der Waals surface area contributed by atoms with Gasteiger partial charge in [-0.05, 0) is 47.4 Å². The van der Waals surface area contributed by atoms with Gasteiger partial charge in [0.05, 0.1) is 11.9 Å². The van der Waals surface area contributed by atoms with Gasteiger partial charge < -0.3 is 10.2 Å². The normalized spacial score (nSPS) is 12.2. The van der Waals surface area contributed by atoms with Crippen LogP contribution in [0.1, 0.15) is 25.0 Å². The van der Waals surface area contributed by atoms with E-state index >= 15 is 0 Å². The minimum atomic E-state index is -3.93. The van der Waals surface area contributed by atoms with Crippen LogP contribution in [-0.2, 0) is 32.6 Å². The maximum absolute atomic E-state index is 14.1. The molecule has 3 aromatic rings. The third-order valence-corrected chi connectivity index (χ3v) is 8.08. The average Bonchev–Trinajstić information content (AvgIpc) is 2.87. The number of amides is 2. The lowest BCUT2D eigenvalue weighted by Crippen LogP contribution is -2.53. The fraction of sp³-hybridized carbons (Fsp3) is 0.310. The summed E-state index contributed by atoms with van der Waals surface area (Å²) in [6.45, 7) is 3.93. The van der Waals surface area contributed by atoms with Gasteiger partial charge in [-0.2, -0.15) is 0 Å². The number of nitrogens with zero attached hydrogens (tertiary/aromatic N) is 2. The predicted octanol–water partition coefficient (Wildman–Crippen LogP) is 5.93. The molecule has 0 radical (unpaired) electrons. The molecule has 0 aliphatic heterocycles. The van der Waals surface area contributed by atoms with E-state index < -0.39 is 28.5 Å². The Morgan fingerprint density at radius 3 is 2.12 bits per heavy atom. The number of carbonyl (C=O) groups is 2. The first-order chi connectivity index (χ1) is 18.8. The maximum atomic E-state index is 14.1. The summed E-state index contributed by atoms with van der Waals surface area (Å²) in [4.78, 5) is 29.1. The molecule has 3 aromatic carbocycles. The number of anilines is 1. The number of hydrogen-bond acceptors (Lipinski definition) is 4. The molecule has 0 saturated carbocycles. The molecule has 0 aliphatic carbocycles. The van der Waals surface area contributed by atoms with E-state index in [9.17, 15) is 18.0 Å². The van der Waals surface area contributed by atoms with E-state index in [1.54, 1.807) is 0 Å². The molecule has 0 aliphatic rings. The summed E-state index contributed by atoms with van der Waals surface area (Å²) in [6, 6.07) is 20.2. The SMILES string of the molecule is CC(C)CNC(=O)[C@@H](Cc1ccccc1)N(Cc1cccc(Br)c1)C(=O)CN(c1cc(Cl)cc(Cl)c1)S(C)(=O)=O. The van der Waals surface area contributed by atoms with E-state index in [1.807, 2.05) is 68.4 Å². The van der Waals surface area contributed by atoms with Gasteiger partial charge in [-0.3, -0.25) is 13.9 Å². The lowest BCUT2D eigenvalue weighted by Gasteiger charge is -2.33. The molecule has 0 heterocycles. The number of rotatable bonds is 12. The van der Waals surface area contributed by atoms with Crippen LogP contribution in [0.3, 0.4) is 0 Å². The first-order valence-electron chi connectivity index (χ1n) is 12.6. The van der Waals surface area contributed by atoms with Crippen molar-refractivity contribution in [3.8, 4) is 0 Å². The lowest BCUT2D eigenvalue weighted by atomic mass is 10.0. The summed E-state index contributed by atoms with van der Waals surface area (Å²) in [5.41, 5.74) is 1.79.